The first-order valence-corrected chi connectivity index (χ1v) is 7.03. The number of nitrogens with one attached hydrogen (secondary N) is 1. The number of nitrogens with zero attached hydrogens (tertiary/aromatic N) is 4. The quantitative estimate of drug-likeness (QED) is 0.911. The van der Waals surface area contributed by atoms with Gasteiger partial charge in [0.05, 0.1) is 0 Å². The summed E-state index contributed by atoms with van der Waals surface area (Å²) in [5, 5.41) is 15.9. The number of hydrogen-bond donors (Lipinski definition) is 1. The van der Waals surface area contributed by atoms with E-state index in [0.717, 1.165) is 25.1 Å². The van der Waals surface area contributed by atoms with Gasteiger partial charge < -0.3 is 5.32 Å². The topological polar surface area (TPSA) is 72.2 Å². The number of aromatic nitrogens is 4. The fraction of sp³-hybridized carbons (Fsp3) is 0.636. The summed E-state index contributed by atoms with van der Waals surface area (Å²) >= 11 is 1.29. The van der Waals surface area contributed by atoms with Crippen molar-refractivity contribution in [2.24, 2.45) is 0 Å². The van der Waals surface area contributed by atoms with Crippen molar-refractivity contribution in [3.05, 3.63) is 10.8 Å². The van der Waals surface area contributed by atoms with E-state index in [9.17, 15) is 4.79 Å². The van der Waals surface area contributed by atoms with Crippen molar-refractivity contribution >= 4 is 22.2 Å². The molecule has 1 aliphatic rings. The molecule has 2 heterocycles. The SMILES string of the molecule is CCC(C)NC(=O)c1nn2c(C3CC3)nnc2s1. The van der Waals surface area contributed by atoms with E-state index in [2.05, 4.69) is 20.6 Å². The van der Waals surface area contributed by atoms with Crippen LogP contribution in [0.2, 0.25) is 0 Å². The maximum Gasteiger partial charge on any atom is 0.282 e. The average Bonchev–Trinajstić information content (AvgIpc) is 2.98. The Morgan fingerprint density at radius 2 is 2.33 bits per heavy atom. The van der Waals surface area contributed by atoms with Crippen molar-refractivity contribution in [3.63, 3.8) is 0 Å². The van der Waals surface area contributed by atoms with E-state index in [1.54, 1.807) is 4.52 Å². The van der Waals surface area contributed by atoms with Gasteiger partial charge in [-0.1, -0.05) is 18.3 Å². The van der Waals surface area contributed by atoms with Gasteiger partial charge in [-0.2, -0.15) is 4.52 Å². The molecular formula is C11H15N5OS. The van der Waals surface area contributed by atoms with Crippen molar-refractivity contribution in [1.29, 1.82) is 0 Å². The zero-order valence-electron chi connectivity index (χ0n) is 10.4. The van der Waals surface area contributed by atoms with Gasteiger partial charge in [0.2, 0.25) is 9.97 Å². The van der Waals surface area contributed by atoms with E-state index in [1.165, 1.54) is 11.3 Å². The van der Waals surface area contributed by atoms with Gasteiger partial charge in [0, 0.05) is 12.0 Å². The molecular weight excluding hydrogens is 250 g/mol. The molecule has 1 aliphatic carbocycles. The van der Waals surface area contributed by atoms with Gasteiger partial charge in [-0.15, -0.1) is 15.3 Å². The molecule has 18 heavy (non-hydrogen) atoms. The molecule has 2 aromatic rings. The zero-order valence-corrected chi connectivity index (χ0v) is 11.2. The van der Waals surface area contributed by atoms with Crippen LogP contribution in [0.25, 0.3) is 4.96 Å². The van der Waals surface area contributed by atoms with E-state index in [-0.39, 0.29) is 11.9 Å². The van der Waals surface area contributed by atoms with Crippen molar-refractivity contribution < 1.29 is 4.79 Å². The van der Waals surface area contributed by atoms with Crippen LogP contribution in [0.5, 0.6) is 0 Å². The van der Waals surface area contributed by atoms with Crippen LogP contribution in [0.3, 0.4) is 0 Å². The minimum Gasteiger partial charge on any atom is -0.347 e. The summed E-state index contributed by atoms with van der Waals surface area (Å²) in [5.74, 6) is 1.25. The summed E-state index contributed by atoms with van der Waals surface area (Å²) in [4.78, 5) is 12.7. The second-order valence-electron chi connectivity index (χ2n) is 4.72. The van der Waals surface area contributed by atoms with Gasteiger partial charge in [0.25, 0.3) is 5.91 Å². The van der Waals surface area contributed by atoms with Gasteiger partial charge in [-0.05, 0) is 26.2 Å². The Bertz CT molecular complexity index is 585. The minimum atomic E-state index is -0.124. The molecule has 0 aromatic carbocycles. The van der Waals surface area contributed by atoms with Crippen LogP contribution in [0.15, 0.2) is 0 Å². The molecule has 1 fully saturated rings. The Labute approximate surface area is 108 Å². The largest absolute Gasteiger partial charge is 0.347 e. The molecule has 0 spiro atoms. The molecule has 7 heteroatoms. The Morgan fingerprint density at radius 1 is 1.56 bits per heavy atom. The minimum absolute atomic E-state index is 0.124. The lowest BCUT2D eigenvalue weighted by Crippen LogP contribution is -2.31. The van der Waals surface area contributed by atoms with E-state index >= 15 is 0 Å². The Hall–Kier alpha value is -1.50. The monoisotopic (exact) mass is 265 g/mol. The average molecular weight is 265 g/mol. The van der Waals surface area contributed by atoms with Crippen LogP contribution in [0.4, 0.5) is 0 Å². The zero-order chi connectivity index (χ0) is 12.7. The number of carbonyl (C=O) groups excluding carboxylic acids is 1. The Kier molecular flexibility index (Phi) is 2.77. The summed E-state index contributed by atoms with van der Waals surface area (Å²) in [5.41, 5.74) is 0. The van der Waals surface area contributed by atoms with Gasteiger partial charge >= 0.3 is 0 Å². The molecule has 0 saturated heterocycles. The summed E-state index contributed by atoms with van der Waals surface area (Å²) in [6, 6.07) is 0.162. The predicted octanol–water partition coefficient (Wildman–Crippen LogP) is 1.59. The standard InChI is InChI=1S/C11H15N5OS/c1-3-6(2)12-9(17)10-15-16-8(7-4-5-7)13-14-11(16)18-10/h6-7H,3-5H2,1-2H3,(H,12,17). The molecule has 1 atom stereocenters. The van der Waals surface area contributed by atoms with Crippen LogP contribution in [-0.4, -0.2) is 31.8 Å². The smallest absolute Gasteiger partial charge is 0.282 e. The van der Waals surface area contributed by atoms with Gasteiger partial charge in [0.15, 0.2) is 5.82 Å². The molecule has 1 unspecified atom stereocenters. The fourth-order valence-corrected chi connectivity index (χ4v) is 2.46. The van der Waals surface area contributed by atoms with Crippen LogP contribution in [0, 0.1) is 0 Å². The highest BCUT2D eigenvalue weighted by molar-refractivity contribution is 7.18. The predicted molar refractivity (Wildman–Crippen MR) is 67.9 cm³/mol. The molecule has 96 valence electrons. The molecule has 0 aliphatic heterocycles. The molecule has 1 saturated carbocycles. The highest BCUT2D eigenvalue weighted by Crippen LogP contribution is 2.39. The Balaban J connectivity index is 1.86. The number of hydrogen-bond acceptors (Lipinski definition) is 5. The third-order valence-corrected chi connectivity index (χ3v) is 4.04. The summed E-state index contributed by atoms with van der Waals surface area (Å²) in [6.45, 7) is 4.02. The third-order valence-electron chi connectivity index (χ3n) is 3.14. The molecule has 1 N–H and O–H groups in total. The number of carbonyl (C=O) groups is 1. The molecule has 1 amide bonds. The normalized spacial score (nSPS) is 17.0. The number of rotatable bonds is 4. The number of amides is 1. The maximum atomic E-state index is 12.0. The van der Waals surface area contributed by atoms with E-state index in [4.69, 9.17) is 0 Å². The van der Waals surface area contributed by atoms with E-state index < -0.39 is 0 Å². The van der Waals surface area contributed by atoms with Crippen LogP contribution in [-0.2, 0) is 0 Å². The third kappa shape index (κ3) is 1.98. The Morgan fingerprint density at radius 3 is 3.00 bits per heavy atom. The molecule has 3 rings (SSSR count). The van der Waals surface area contributed by atoms with Crippen molar-refractivity contribution in [3.8, 4) is 0 Å². The first-order chi connectivity index (χ1) is 8.69. The van der Waals surface area contributed by atoms with Crippen LogP contribution in [0.1, 0.15) is 54.7 Å². The second-order valence-corrected chi connectivity index (χ2v) is 5.67. The maximum absolute atomic E-state index is 12.0. The molecule has 0 radical (unpaired) electrons. The first-order valence-electron chi connectivity index (χ1n) is 6.22. The summed E-state index contributed by atoms with van der Waals surface area (Å²) < 4.78 is 1.72. The lowest BCUT2D eigenvalue weighted by Gasteiger charge is -2.08. The van der Waals surface area contributed by atoms with Gasteiger partial charge in [-0.3, -0.25) is 4.79 Å². The second kappa shape index (κ2) is 4.31. The number of fused-ring (bicyclic) bond motifs is 1. The van der Waals surface area contributed by atoms with Crippen molar-refractivity contribution in [1.82, 2.24) is 25.1 Å². The highest BCUT2D eigenvalue weighted by atomic mass is 32.1. The summed E-state index contributed by atoms with van der Waals surface area (Å²) in [6.07, 6.45) is 3.20. The van der Waals surface area contributed by atoms with E-state index in [1.807, 2.05) is 13.8 Å². The van der Waals surface area contributed by atoms with Crippen molar-refractivity contribution in [2.75, 3.05) is 0 Å². The van der Waals surface area contributed by atoms with Gasteiger partial charge in [-0.25, -0.2) is 0 Å². The van der Waals surface area contributed by atoms with Gasteiger partial charge in [0.1, 0.15) is 0 Å². The first kappa shape index (κ1) is 11.6. The molecule has 2 aromatic heterocycles. The molecule has 6 nitrogen and oxygen atoms in total. The molecule has 0 bridgehead atoms. The van der Waals surface area contributed by atoms with Crippen LogP contribution >= 0.6 is 11.3 Å². The highest BCUT2D eigenvalue weighted by Gasteiger charge is 2.30. The van der Waals surface area contributed by atoms with E-state index in [0.29, 0.717) is 15.9 Å². The van der Waals surface area contributed by atoms with Crippen molar-refractivity contribution in [2.45, 2.75) is 45.1 Å². The lowest BCUT2D eigenvalue weighted by molar-refractivity contribution is 0.0938. The van der Waals surface area contributed by atoms with Crippen LogP contribution < -0.4 is 5.32 Å². The lowest BCUT2D eigenvalue weighted by atomic mass is 10.2. The fourth-order valence-electron chi connectivity index (χ4n) is 1.71. The summed E-state index contributed by atoms with van der Waals surface area (Å²) in [7, 11) is 0.